The summed E-state index contributed by atoms with van der Waals surface area (Å²) in [5, 5.41) is 16.7. The molecule has 0 atom stereocenters. The summed E-state index contributed by atoms with van der Waals surface area (Å²) in [6, 6.07) is 0. The van der Waals surface area contributed by atoms with Crippen molar-refractivity contribution < 1.29 is 10.2 Å². The Morgan fingerprint density at radius 3 is 1.28 bits per heavy atom. The van der Waals surface area contributed by atoms with E-state index in [9.17, 15) is 5.11 Å². The molecule has 0 saturated heterocycles. The van der Waals surface area contributed by atoms with Crippen LogP contribution >= 0.6 is 24.4 Å². The predicted octanol–water partition coefficient (Wildman–Crippen LogP) is 4.99. The number of unbranched alkanes of at least 4 members (excludes halogenated alkanes) is 10. The number of hydrogen-bond acceptors (Lipinski definition) is 2. The molecule has 0 aromatic rings. The fourth-order valence-corrected chi connectivity index (χ4v) is 2.65. The molecule has 4 N–H and O–H groups in total. The minimum absolute atomic E-state index is 0. The Morgan fingerprint density at radius 1 is 0.720 bits per heavy atom. The summed E-state index contributed by atoms with van der Waals surface area (Å²) in [6.45, 7) is 6.34. The fraction of sp³-hybridized carbons (Fsp3) is 0.889. The molecule has 0 amide bonds. The summed E-state index contributed by atoms with van der Waals surface area (Å²) in [6.07, 6.45) is 15.4. The average Bonchev–Trinajstić information content (AvgIpc) is 2.51. The Balaban J connectivity index is -0.000000867. The normalized spacial score (nSPS) is 9.52. The van der Waals surface area contributed by atoms with Crippen molar-refractivity contribution in [2.75, 3.05) is 13.1 Å². The van der Waals surface area contributed by atoms with Crippen molar-refractivity contribution in [3.05, 3.63) is 0 Å². The number of nitrogens with zero attached hydrogens (tertiary/aromatic N) is 1. The predicted molar refractivity (Wildman–Crippen MR) is 120 cm³/mol. The quantitative estimate of drug-likeness (QED) is 0.216. The summed E-state index contributed by atoms with van der Waals surface area (Å²) >= 11 is 8.81. The van der Waals surface area contributed by atoms with Gasteiger partial charge in [-0.15, -0.1) is 0 Å². The molecule has 0 saturated carbocycles. The molecule has 0 heterocycles. The van der Waals surface area contributed by atoms with Crippen molar-refractivity contribution in [2.45, 2.75) is 90.9 Å². The van der Waals surface area contributed by atoms with Gasteiger partial charge in [-0.05, 0) is 37.3 Å². The zero-order valence-electron chi connectivity index (χ0n) is 15.6. The number of rotatable bonds is 14. The van der Waals surface area contributed by atoms with Crippen LogP contribution in [0.3, 0.4) is 0 Å². The molecule has 0 aliphatic rings. The summed E-state index contributed by atoms with van der Waals surface area (Å²) in [5.41, 5.74) is 4.40. The molecule has 0 aromatic heterocycles. The van der Waals surface area contributed by atoms with E-state index in [4.69, 9.17) is 17.3 Å². The van der Waals surface area contributed by atoms with Crippen LogP contribution in [0.4, 0.5) is 0 Å². The molecule has 0 spiro atoms. The van der Waals surface area contributed by atoms with Crippen molar-refractivity contribution >= 4 is 64.3 Å². The maximum absolute atomic E-state index is 9.55. The van der Waals surface area contributed by atoms with E-state index in [-0.39, 0.29) is 34.7 Å². The van der Waals surface area contributed by atoms with Gasteiger partial charge in [0.25, 0.3) is 10.3 Å². The third-order valence-electron chi connectivity index (χ3n) is 3.83. The fourth-order valence-electron chi connectivity index (χ4n) is 2.47. The van der Waals surface area contributed by atoms with Gasteiger partial charge < -0.3 is 20.8 Å². The van der Waals surface area contributed by atoms with E-state index in [0.717, 1.165) is 25.9 Å². The van der Waals surface area contributed by atoms with E-state index < -0.39 is 5.17 Å². The second-order valence-electron chi connectivity index (χ2n) is 6.14. The minimum atomic E-state index is -0.500. The van der Waals surface area contributed by atoms with Gasteiger partial charge in [0.1, 0.15) is 0 Å². The van der Waals surface area contributed by atoms with Crippen LogP contribution in [0.15, 0.2) is 0 Å². The third-order valence-corrected chi connectivity index (χ3v) is 4.09. The van der Waals surface area contributed by atoms with Crippen LogP contribution in [-0.2, 0) is 0 Å². The standard InChI is InChI=1S/C17H35NOS.CH3NOS.Na.H/c1-3-5-7-9-11-13-15-18(17(19)20)16-14-12-10-8-6-4-2;2-1(3)4;;/h3-16H2,1-2H3,(H,19,20);(H3,2,3,4);;. The van der Waals surface area contributed by atoms with Gasteiger partial charge in [0, 0.05) is 13.1 Å². The Morgan fingerprint density at radius 2 is 1.00 bits per heavy atom. The van der Waals surface area contributed by atoms with Crippen molar-refractivity contribution in [3.63, 3.8) is 0 Å². The molecule has 0 aliphatic carbocycles. The van der Waals surface area contributed by atoms with Crippen LogP contribution in [0.2, 0.25) is 0 Å². The molecule has 0 aromatic carbocycles. The molecule has 0 radical (unpaired) electrons. The topological polar surface area (TPSA) is 69.7 Å². The molecular formula is C18H39N2NaO2S2. The van der Waals surface area contributed by atoms with Gasteiger partial charge in [0.2, 0.25) is 0 Å². The monoisotopic (exact) mass is 402 g/mol. The molecule has 7 heteroatoms. The van der Waals surface area contributed by atoms with Gasteiger partial charge in [-0.1, -0.05) is 78.1 Å². The first-order valence-electron chi connectivity index (χ1n) is 9.41. The average molecular weight is 403 g/mol. The molecule has 0 aliphatic heterocycles. The summed E-state index contributed by atoms with van der Waals surface area (Å²) in [5.74, 6) is 0. The van der Waals surface area contributed by atoms with Crippen molar-refractivity contribution in [2.24, 2.45) is 5.73 Å². The van der Waals surface area contributed by atoms with Gasteiger partial charge in [0.05, 0.1) is 0 Å². The van der Waals surface area contributed by atoms with Crippen LogP contribution in [0.25, 0.3) is 0 Å². The van der Waals surface area contributed by atoms with E-state index in [1.165, 1.54) is 64.2 Å². The van der Waals surface area contributed by atoms with E-state index in [2.05, 4.69) is 31.8 Å². The Hall–Kier alpha value is 0.380. The number of aliphatic hydroxyl groups excluding tert-OH is 2. The van der Waals surface area contributed by atoms with E-state index in [1.54, 1.807) is 0 Å². The van der Waals surface area contributed by atoms with Crippen LogP contribution in [0.5, 0.6) is 0 Å². The van der Waals surface area contributed by atoms with Gasteiger partial charge in [-0.3, -0.25) is 0 Å². The van der Waals surface area contributed by atoms with Gasteiger partial charge in [0.15, 0.2) is 0 Å². The Bertz CT molecular complexity index is 289. The second kappa shape index (κ2) is 24.4. The molecule has 25 heavy (non-hydrogen) atoms. The molecule has 0 unspecified atom stereocenters. The van der Waals surface area contributed by atoms with Crippen LogP contribution in [0, 0.1) is 0 Å². The first kappa shape index (κ1) is 30.1. The van der Waals surface area contributed by atoms with E-state index >= 15 is 0 Å². The molecular weight excluding hydrogens is 363 g/mol. The second-order valence-corrected chi connectivity index (χ2v) is 6.93. The third kappa shape index (κ3) is 29.4. The van der Waals surface area contributed by atoms with Crippen LogP contribution < -0.4 is 5.73 Å². The van der Waals surface area contributed by atoms with Crippen molar-refractivity contribution in [3.8, 4) is 0 Å². The first-order valence-corrected chi connectivity index (χ1v) is 10.2. The Kier molecular flexibility index (Phi) is 29.4. The molecule has 0 bridgehead atoms. The van der Waals surface area contributed by atoms with Crippen LogP contribution in [0.1, 0.15) is 90.9 Å². The van der Waals surface area contributed by atoms with Gasteiger partial charge in [-0.25, -0.2) is 0 Å². The van der Waals surface area contributed by atoms with Gasteiger partial charge >= 0.3 is 29.6 Å². The summed E-state index contributed by atoms with van der Waals surface area (Å²) in [7, 11) is 0. The molecule has 4 nitrogen and oxygen atoms in total. The SMILES string of the molecule is CCCCCCCCN(CCCCCCCC)C(O)=S.NC(O)=S.[NaH]. The zero-order chi connectivity index (χ0) is 18.6. The number of hydrogen-bond donors (Lipinski definition) is 3. The maximum atomic E-state index is 9.55. The molecule has 0 fully saturated rings. The first-order chi connectivity index (χ1) is 11.5. The van der Waals surface area contributed by atoms with Crippen LogP contribution in [-0.4, -0.2) is 68.1 Å². The Labute approximate surface area is 188 Å². The molecule has 0 rings (SSSR count). The molecule has 146 valence electrons. The van der Waals surface area contributed by atoms with Crippen molar-refractivity contribution in [1.29, 1.82) is 0 Å². The van der Waals surface area contributed by atoms with E-state index in [1.807, 2.05) is 4.90 Å². The number of aliphatic hydroxyl groups is 2. The van der Waals surface area contributed by atoms with E-state index in [0.29, 0.717) is 0 Å². The van der Waals surface area contributed by atoms with Crippen molar-refractivity contribution in [1.82, 2.24) is 4.90 Å². The zero-order valence-corrected chi connectivity index (χ0v) is 17.3. The number of thiocarbonyl (C=S) groups is 2. The van der Waals surface area contributed by atoms with Gasteiger partial charge in [-0.2, -0.15) is 0 Å². The number of nitrogens with two attached hydrogens (primary N) is 1. The summed E-state index contributed by atoms with van der Waals surface area (Å²) in [4.78, 5) is 1.98. The summed E-state index contributed by atoms with van der Waals surface area (Å²) < 4.78 is 0.